The minimum atomic E-state index is -0.578. The van der Waals surface area contributed by atoms with E-state index < -0.39 is 17.8 Å². The van der Waals surface area contributed by atoms with E-state index in [-0.39, 0.29) is 35.3 Å². The molecule has 2 bridgehead atoms. The maximum Gasteiger partial charge on any atom is 0.339 e. The smallest absolute Gasteiger partial charge is 0.339 e. The largest absolute Gasteiger partial charge is 0.465 e. The molecule has 112 valence electrons. The van der Waals surface area contributed by atoms with Crippen LogP contribution in [-0.4, -0.2) is 37.1 Å². The van der Waals surface area contributed by atoms with Crippen LogP contribution in [0.2, 0.25) is 0 Å². The molecule has 3 aliphatic heterocycles. The molecule has 0 radical (unpaired) electrons. The van der Waals surface area contributed by atoms with Crippen LogP contribution in [0, 0.1) is 11.8 Å². The van der Waals surface area contributed by atoms with E-state index in [9.17, 15) is 14.4 Å². The molecule has 1 aromatic rings. The molecule has 0 unspecified atom stereocenters. The van der Waals surface area contributed by atoms with Crippen LogP contribution < -0.4 is 4.90 Å². The number of carbonyl (C=O) groups is 3. The lowest BCUT2D eigenvalue weighted by Gasteiger charge is -2.19. The summed E-state index contributed by atoms with van der Waals surface area (Å²) in [5, 5.41) is 0. The van der Waals surface area contributed by atoms with Gasteiger partial charge in [0.15, 0.2) is 0 Å². The predicted molar refractivity (Wildman–Crippen MR) is 75.1 cm³/mol. The van der Waals surface area contributed by atoms with Gasteiger partial charge in [0.05, 0.1) is 42.4 Å². The second kappa shape index (κ2) is 4.51. The molecule has 22 heavy (non-hydrogen) atoms. The van der Waals surface area contributed by atoms with Gasteiger partial charge in [-0.15, -0.1) is 0 Å². The Bertz CT molecular complexity index is 695. The molecule has 2 saturated heterocycles. The van der Waals surface area contributed by atoms with Crippen molar-refractivity contribution in [2.75, 3.05) is 12.0 Å². The van der Waals surface area contributed by atoms with Crippen molar-refractivity contribution < 1.29 is 23.9 Å². The third-order valence-electron chi connectivity index (χ3n) is 4.46. The Balaban J connectivity index is 1.78. The number of nitrogens with zero attached hydrogens (tertiary/aromatic N) is 1. The lowest BCUT2D eigenvalue weighted by Crippen LogP contribution is -2.35. The number of carbonyl (C=O) groups excluding carboxylic acids is 3. The number of imide groups is 1. The number of para-hydroxylation sites is 1. The molecule has 2 fully saturated rings. The molecule has 0 spiro atoms. The summed E-state index contributed by atoms with van der Waals surface area (Å²) < 4.78 is 10.3. The molecular weight excluding hydrogens is 286 g/mol. The van der Waals surface area contributed by atoms with Crippen molar-refractivity contribution in [3.05, 3.63) is 42.0 Å². The van der Waals surface area contributed by atoms with Crippen molar-refractivity contribution in [2.24, 2.45) is 11.8 Å². The highest BCUT2D eigenvalue weighted by Gasteiger charge is 2.61. The van der Waals surface area contributed by atoms with Gasteiger partial charge in [0.2, 0.25) is 11.8 Å². The van der Waals surface area contributed by atoms with E-state index in [0.29, 0.717) is 0 Å². The number of ether oxygens (including phenoxy) is 2. The van der Waals surface area contributed by atoms with Gasteiger partial charge in [-0.2, -0.15) is 0 Å². The summed E-state index contributed by atoms with van der Waals surface area (Å²) >= 11 is 0. The number of rotatable bonds is 2. The first-order valence-electron chi connectivity index (χ1n) is 7.02. The van der Waals surface area contributed by atoms with E-state index in [1.54, 1.807) is 24.3 Å². The Hall–Kier alpha value is -2.47. The highest BCUT2D eigenvalue weighted by atomic mass is 16.5. The van der Waals surface area contributed by atoms with Crippen molar-refractivity contribution in [1.82, 2.24) is 0 Å². The maximum atomic E-state index is 12.7. The van der Waals surface area contributed by atoms with E-state index in [0.717, 1.165) is 4.90 Å². The second-order valence-corrected chi connectivity index (χ2v) is 5.52. The zero-order chi connectivity index (χ0) is 15.4. The van der Waals surface area contributed by atoms with Gasteiger partial charge in [-0.3, -0.25) is 9.59 Å². The van der Waals surface area contributed by atoms with E-state index in [1.165, 1.54) is 7.11 Å². The van der Waals surface area contributed by atoms with E-state index >= 15 is 0 Å². The van der Waals surface area contributed by atoms with Crippen molar-refractivity contribution in [1.29, 1.82) is 0 Å². The van der Waals surface area contributed by atoms with Crippen molar-refractivity contribution in [3.63, 3.8) is 0 Å². The summed E-state index contributed by atoms with van der Waals surface area (Å²) in [6, 6.07) is 6.47. The van der Waals surface area contributed by atoms with E-state index in [1.807, 2.05) is 12.2 Å². The molecule has 3 aliphatic rings. The minimum absolute atomic E-state index is 0.202. The normalized spacial score (nSPS) is 31.8. The zero-order valence-corrected chi connectivity index (χ0v) is 11.8. The fourth-order valence-electron chi connectivity index (χ4n) is 3.49. The third-order valence-corrected chi connectivity index (χ3v) is 4.46. The number of methoxy groups -OCH3 is 1. The van der Waals surface area contributed by atoms with E-state index in [2.05, 4.69) is 0 Å². The van der Waals surface area contributed by atoms with Crippen molar-refractivity contribution >= 4 is 23.5 Å². The van der Waals surface area contributed by atoms with Crippen LogP contribution >= 0.6 is 0 Å². The Morgan fingerprint density at radius 3 is 2.27 bits per heavy atom. The van der Waals surface area contributed by atoms with Gasteiger partial charge in [0.1, 0.15) is 0 Å². The van der Waals surface area contributed by atoms with Crippen molar-refractivity contribution in [2.45, 2.75) is 12.2 Å². The average molecular weight is 299 g/mol. The predicted octanol–water partition coefficient (Wildman–Crippen LogP) is 0.916. The number of anilines is 1. The first-order chi connectivity index (χ1) is 10.6. The fraction of sp³-hybridized carbons (Fsp3) is 0.312. The highest BCUT2D eigenvalue weighted by Crippen LogP contribution is 2.46. The number of benzene rings is 1. The molecule has 6 nitrogen and oxygen atoms in total. The zero-order valence-electron chi connectivity index (χ0n) is 11.8. The number of hydrogen-bond acceptors (Lipinski definition) is 5. The van der Waals surface area contributed by atoms with Crippen LogP contribution in [0.15, 0.2) is 36.4 Å². The number of hydrogen-bond donors (Lipinski definition) is 0. The maximum absolute atomic E-state index is 12.7. The molecule has 2 amide bonds. The van der Waals surface area contributed by atoms with Gasteiger partial charge in [-0.05, 0) is 12.1 Å². The van der Waals surface area contributed by atoms with Gasteiger partial charge in [0.25, 0.3) is 0 Å². The van der Waals surface area contributed by atoms with E-state index in [4.69, 9.17) is 9.47 Å². The standard InChI is InChI=1S/C16H13NO5/c1-21-16(20)8-4-2-3-5-9(8)17-14(18)12-10-6-7-11(22-10)13(12)15(17)19/h2-7,10-13H,1H3/t10-,11-,12-,13+/m1/s1. The van der Waals surface area contributed by atoms with Crippen LogP contribution in [0.25, 0.3) is 0 Å². The molecule has 3 heterocycles. The first-order valence-corrected chi connectivity index (χ1v) is 7.02. The van der Waals surface area contributed by atoms with Crippen LogP contribution in [0.3, 0.4) is 0 Å². The summed E-state index contributed by atoms with van der Waals surface area (Å²) in [7, 11) is 1.26. The third kappa shape index (κ3) is 1.55. The lowest BCUT2D eigenvalue weighted by atomic mass is 9.85. The minimum Gasteiger partial charge on any atom is -0.465 e. The first kappa shape index (κ1) is 13.2. The molecule has 0 aromatic heterocycles. The molecule has 6 heteroatoms. The molecule has 0 aliphatic carbocycles. The SMILES string of the molecule is COC(=O)c1ccccc1N1C(=O)[C@@H]2[C@H](C1=O)[C@H]1C=C[C@H]2O1. The monoisotopic (exact) mass is 299 g/mol. The summed E-state index contributed by atoms with van der Waals surface area (Å²) in [4.78, 5) is 38.4. The Labute approximate surface area is 126 Å². The second-order valence-electron chi connectivity index (χ2n) is 5.52. The van der Waals surface area contributed by atoms with Gasteiger partial charge in [0, 0.05) is 0 Å². The van der Waals surface area contributed by atoms with Crippen LogP contribution in [0.1, 0.15) is 10.4 Å². The molecule has 0 N–H and O–H groups in total. The van der Waals surface area contributed by atoms with Gasteiger partial charge < -0.3 is 9.47 Å². The number of fused-ring (bicyclic) bond motifs is 5. The quantitative estimate of drug-likeness (QED) is 0.461. The molecule has 4 rings (SSSR count). The summed E-state index contributed by atoms with van der Waals surface area (Å²) in [6.07, 6.45) is 2.96. The molecule has 1 aromatic carbocycles. The lowest BCUT2D eigenvalue weighted by molar-refractivity contribution is -0.124. The Kier molecular flexibility index (Phi) is 2.71. The Morgan fingerprint density at radius 2 is 1.68 bits per heavy atom. The van der Waals surface area contributed by atoms with Crippen LogP contribution in [-0.2, 0) is 19.1 Å². The molecule has 0 saturated carbocycles. The summed E-state index contributed by atoms with van der Waals surface area (Å²) in [5.74, 6) is -2.20. The number of amides is 2. The average Bonchev–Trinajstić information content (AvgIpc) is 3.21. The van der Waals surface area contributed by atoms with Crippen molar-refractivity contribution in [3.8, 4) is 0 Å². The number of esters is 1. The highest BCUT2D eigenvalue weighted by molar-refractivity contribution is 6.24. The summed E-state index contributed by atoms with van der Waals surface area (Å²) in [5.41, 5.74) is 0.478. The molecular formula is C16H13NO5. The topological polar surface area (TPSA) is 72.9 Å². The van der Waals surface area contributed by atoms with Gasteiger partial charge in [-0.25, -0.2) is 9.69 Å². The fourth-order valence-corrected chi connectivity index (χ4v) is 3.49. The molecule has 4 atom stereocenters. The van der Waals surface area contributed by atoms with Gasteiger partial charge in [-0.1, -0.05) is 24.3 Å². The Morgan fingerprint density at radius 1 is 1.09 bits per heavy atom. The summed E-state index contributed by atoms with van der Waals surface area (Å²) in [6.45, 7) is 0. The van der Waals surface area contributed by atoms with Crippen LogP contribution in [0.5, 0.6) is 0 Å². The van der Waals surface area contributed by atoms with Crippen LogP contribution in [0.4, 0.5) is 5.69 Å². The van der Waals surface area contributed by atoms with Gasteiger partial charge >= 0.3 is 5.97 Å².